The Morgan fingerprint density at radius 2 is 1.48 bits per heavy atom. The van der Waals surface area contributed by atoms with E-state index in [0.717, 1.165) is 5.56 Å². The molecule has 0 aliphatic heterocycles. The van der Waals surface area contributed by atoms with Crippen LogP contribution < -0.4 is 10.6 Å². The van der Waals surface area contributed by atoms with E-state index in [4.69, 9.17) is 15.9 Å². The third-order valence-electron chi connectivity index (χ3n) is 6.16. The lowest BCUT2D eigenvalue weighted by Crippen LogP contribution is -2.55. The maximum atomic E-state index is 14.2. The molecule has 2 aromatic rings. The highest BCUT2D eigenvalue weighted by atomic mass is 32.1. The van der Waals surface area contributed by atoms with Crippen molar-refractivity contribution in [2.24, 2.45) is 0 Å². The maximum absolute atomic E-state index is 14.2. The lowest BCUT2D eigenvalue weighted by molar-refractivity contribution is -0.159. The van der Waals surface area contributed by atoms with Crippen molar-refractivity contribution >= 4 is 36.5 Å². The summed E-state index contributed by atoms with van der Waals surface area (Å²) in [4.78, 5) is 55.5. The highest BCUT2D eigenvalue weighted by Crippen LogP contribution is 2.25. The molecule has 0 heterocycles. The summed E-state index contributed by atoms with van der Waals surface area (Å²) in [6.07, 6.45) is 5.45. The van der Waals surface area contributed by atoms with Crippen molar-refractivity contribution in [3.63, 3.8) is 0 Å². The number of nitrogens with zero attached hydrogens (tertiary/aromatic N) is 1. The molecule has 0 aliphatic rings. The van der Waals surface area contributed by atoms with E-state index in [1.165, 1.54) is 4.90 Å². The average Bonchev–Trinajstić information content (AvgIpc) is 2.94. The number of rotatable bonds is 12. The van der Waals surface area contributed by atoms with Crippen molar-refractivity contribution in [2.75, 3.05) is 12.3 Å². The molecule has 44 heavy (non-hydrogen) atoms. The summed E-state index contributed by atoms with van der Waals surface area (Å²) in [5.41, 5.74) is 0.307. The maximum Gasteiger partial charge on any atom is 0.408 e. The third kappa shape index (κ3) is 11.6. The Morgan fingerprint density at radius 3 is 1.98 bits per heavy atom. The number of thiol groups is 1. The minimum absolute atomic E-state index is 0.0444. The van der Waals surface area contributed by atoms with Gasteiger partial charge in [0.1, 0.15) is 29.3 Å². The molecule has 2 aromatic carbocycles. The van der Waals surface area contributed by atoms with Crippen molar-refractivity contribution in [1.29, 1.82) is 0 Å². The molecule has 3 atom stereocenters. The summed E-state index contributed by atoms with van der Waals surface area (Å²) in [6.45, 7) is 12.4. The zero-order chi connectivity index (χ0) is 33.1. The standard InChI is InChI=1S/C34H45N3O6S/c1-9-20-37(30(39)27(22-44)36-32(41)43-34(6,7)8)28(25-18-16-23(10-2)17-19-25)29(38)35-26(31(40)42-33(3,4)5)21-24-14-12-11-13-15-24/h2,11-19,26-28,44H,9,20-22H2,1,3-8H3,(H,35,38)(H,36,41). The Hall–Kier alpha value is -3.97. The smallest absolute Gasteiger partial charge is 0.408 e. The first-order valence-corrected chi connectivity index (χ1v) is 15.3. The van der Waals surface area contributed by atoms with Gasteiger partial charge < -0.3 is 25.0 Å². The average molecular weight is 624 g/mol. The largest absolute Gasteiger partial charge is 0.458 e. The molecule has 3 amide bonds. The number of ether oxygens (including phenoxy) is 2. The number of benzene rings is 2. The predicted molar refractivity (Wildman–Crippen MR) is 174 cm³/mol. The van der Waals surface area contributed by atoms with Gasteiger partial charge in [0.2, 0.25) is 11.8 Å². The quantitative estimate of drug-likeness (QED) is 0.177. The van der Waals surface area contributed by atoms with Crippen LogP contribution in [0.25, 0.3) is 0 Å². The van der Waals surface area contributed by atoms with Crippen molar-refractivity contribution < 1.29 is 28.7 Å². The van der Waals surface area contributed by atoms with Crippen LogP contribution in [0.3, 0.4) is 0 Å². The molecular weight excluding hydrogens is 578 g/mol. The number of nitrogens with one attached hydrogen (secondary N) is 2. The van der Waals surface area contributed by atoms with Gasteiger partial charge in [-0.25, -0.2) is 9.59 Å². The number of hydrogen-bond acceptors (Lipinski definition) is 7. The zero-order valence-electron chi connectivity index (χ0n) is 26.7. The predicted octanol–water partition coefficient (Wildman–Crippen LogP) is 4.84. The molecule has 0 aliphatic carbocycles. The molecule has 0 fully saturated rings. The molecule has 2 rings (SSSR count). The van der Waals surface area contributed by atoms with Gasteiger partial charge in [-0.1, -0.05) is 55.3 Å². The molecule has 238 valence electrons. The summed E-state index contributed by atoms with van der Waals surface area (Å²) in [5.74, 6) is 0.766. The molecule has 0 aromatic heterocycles. The number of hydrogen-bond donors (Lipinski definition) is 3. The van der Waals surface area contributed by atoms with Crippen molar-refractivity contribution in [3.8, 4) is 12.3 Å². The second-order valence-corrected chi connectivity index (χ2v) is 12.7. The van der Waals surface area contributed by atoms with E-state index in [0.29, 0.717) is 17.5 Å². The third-order valence-corrected chi connectivity index (χ3v) is 6.53. The molecule has 3 unspecified atom stereocenters. The normalized spacial score (nSPS) is 13.4. The van der Waals surface area contributed by atoms with Crippen LogP contribution >= 0.6 is 12.6 Å². The fourth-order valence-corrected chi connectivity index (χ4v) is 4.59. The van der Waals surface area contributed by atoms with Crippen LogP contribution in [0.5, 0.6) is 0 Å². The molecule has 0 spiro atoms. The fourth-order valence-electron chi connectivity index (χ4n) is 4.34. The van der Waals surface area contributed by atoms with Crippen molar-refractivity contribution in [2.45, 2.75) is 90.6 Å². The van der Waals surface area contributed by atoms with Crippen LogP contribution in [-0.4, -0.2) is 64.4 Å². The number of amides is 3. The van der Waals surface area contributed by atoms with Gasteiger partial charge in [0.25, 0.3) is 0 Å². The monoisotopic (exact) mass is 623 g/mol. The van der Waals surface area contributed by atoms with Gasteiger partial charge in [0.05, 0.1) is 0 Å². The molecule has 10 heteroatoms. The van der Waals surface area contributed by atoms with E-state index in [9.17, 15) is 19.2 Å². The number of alkyl carbamates (subject to hydrolysis) is 1. The molecule has 0 saturated heterocycles. The van der Waals surface area contributed by atoms with Crippen molar-refractivity contribution in [3.05, 3.63) is 71.3 Å². The van der Waals surface area contributed by atoms with Crippen LogP contribution in [-0.2, 0) is 30.3 Å². The van der Waals surface area contributed by atoms with Gasteiger partial charge in [-0.15, -0.1) is 6.42 Å². The van der Waals surface area contributed by atoms with Crippen LogP contribution in [0.2, 0.25) is 0 Å². The number of carbonyl (C=O) groups excluding carboxylic acids is 4. The van der Waals surface area contributed by atoms with Crippen LogP contribution in [0, 0.1) is 12.3 Å². The minimum atomic E-state index is -1.17. The Balaban J connectivity index is 2.54. The summed E-state index contributed by atoms with van der Waals surface area (Å²) in [7, 11) is 0. The molecule has 2 N–H and O–H groups in total. The van der Waals surface area contributed by atoms with E-state index in [1.807, 2.05) is 37.3 Å². The second kappa shape index (κ2) is 16.2. The van der Waals surface area contributed by atoms with E-state index in [-0.39, 0.29) is 18.7 Å². The summed E-state index contributed by atoms with van der Waals surface area (Å²) in [5, 5.41) is 5.44. The summed E-state index contributed by atoms with van der Waals surface area (Å²) < 4.78 is 11.0. The first-order valence-electron chi connectivity index (χ1n) is 14.6. The van der Waals surface area contributed by atoms with E-state index >= 15 is 0 Å². The second-order valence-electron chi connectivity index (χ2n) is 12.4. The van der Waals surface area contributed by atoms with Gasteiger partial charge in [-0.2, -0.15) is 12.6 Å². The van der Waals surface area contributed by atoms with Gasteiger partial charge in [0.15, 0.2) is 0 Å². The van der Waals surface area contributed by atoms with E-state index in [1.54, 1.807) is 65.8 Å². The van der Waals surface area contributed by atoms with Crippen LogP contribution in [0.4, 0.5) is 4.79 Å². The van der Waals surface area contributed by atoms with E-state index in [2.05, 4.69) is 29.2 Å². The van der Waals surface area contributed by atoms with Crippen LogP contribution in [0.1, 0.15) is 77.6 Å². The van der Waals surface area contributed by atoms with Crippen molar-refractivity contribution in [1.82, 2.24) is 15.5 Å². The Kier molecular flexibility index (Phi) is 13.3. The molecule has 9 nitrogen and oxygen atoms in total. The lowest BCUT2D eigenvalue weighted by atomic mass is 9.99. The SMILES string of the molecule is C#Cc1ccc(C(C(=O)NC(Cc2ccccc2)C(=O)OC(C)(C)C)N(CCC)C(=O)C(CS)NC(=O)OC(C)(C)C)cc1. The lowest BCUT2D eigenvalue weighted by Gasteiger charge is -2.35. The summed E-state index contributed by atoms with van der Waals surface area (Å²) in [6, 6.07) is 12.6. The first-order chi connectivity index (χ1) is 20.6. The summed E-state index contributed by atoms with van der Waals surface area (Å²) >= 11 is 4.31. The molecule has 0 radical (unpaired) electrons. The van der Waals surface area contributed by atoms with Gasteiger partial charge in [-0.05, 0) is 71.2 Å². The number of esters is 1. The van der Waals surface area contributed by atoms with Gasteiger partial charge >= 0.3 is 12.1 Å². The van der Waals surface area contributed by atoms with Gasteiger partial charge in [-0.3, -0.25) is 9.59 Å². The number of carbonyl (C=O) groups is 4. The molecule has 0 bridgehead atoms. The Bertz CT molecular complexity index is 1310. The highest BCUT2D eigenvalue weighted by molar-refractivity contribution is 7.80. The molecule has 0 saturated carbocycles. The highest BCUT2D eigenvalue weighted by Gasteiger charge is 2.37. The van der Waals surface area contributed by atoms with Crippen LogP contribution in [0.15, 0.2) is 54.6 Å². The van der Waals surface area contributed by atoms with Gasteiger partial charge in [0, 0.05) is 24.3 Å². The first kappa shape index (κ1) is 36.2. The fraction of sp³-hybridized carbons (Fsp3) is 0.471. The minimum Gasteiger partial charge on any atom is -0.458 e. The number of terminal acetylenes is 1. The Labute approximate surface area is 266 Å². The zero-order valence-corrected chi connectivity index (χ0v) is 27.6. The molecular formula is C34H45N3O6S. The Morgan fingerprint density at radius 1 is 0.886 bits per heavy atom. The topological polar surface area (TPSA) is 114 Å². The van der Waals surface area contributed by atoms with E-state index < -0.39 is 53.2 Å².